The summed E-state index contributed by atoms with van der Waals surface area (Å²) in [5.41, 5.74) is 8.38. The van der Waals surface area contributed by atoms with Crippen LogP contribution in [0.2, 0.25) is 5.02 Å². The van der Waals surface area contributed by atoms with Gasteiger partial charge in [0.15, 0.2) is 5.65 Å². The molecule has 0 unspecified atom stereocenters. The average Bonchev–Trinajstić information content (AvgIpc) is 3.06. The SMILES string of the molecule is COc1cc(N)c(Cl)cc1C(=O)N[C@H](C)Cn1nc2c(C)cc3ccccc3n2c1=O. The Morgan fingerprint density at radius 2 is 2.03 bits per heavy atom. The Labute approximate surface area is 183 Å². The zero-order chi connectivity index (χ0) is 22.3. The summed E-state index contributed by atoms with van der Waals surface area (Å²) in [5.74, 6) is -0.0664. The van der Waals surface area contributed by atoms with Gasteiger partial charge in [-0.2, -0.15) is 0 Å². The summed E-state index contributed by atoms with van der Waals surface area (Å²) in [6, 6.07) is 12.2. The van der Waals surface area contributed by atoms with E-state index in [1.807, 2.05) is 37.3 Å². The van der Waals surface area contributed by atoms with Crippen LogP contribution in [0, 0.1) is 6.92 Å². The number of para-hydroxylation sites is 1. The number of amides is 1. The van der Waals surface area contributed by atoms with Crippen molar-refractivity contribution in [1.82, 2.24) is 19.5 Å². The van der Waals surface area contributed by atoms with Crippen molar-refractivity contribution in [3.05, 3.63) is 69.1 Å². The minimum absolute atomic E-state index is 0.199. The van der Waals surface area contributed by atoms with Crippen LogP contribution in [-0.2, 0) is 6.54 Å². The number of hydrogen-bond acceptors (Lipinski definition) is 5. The van der Waals surface area contributed by atoms with Gasteiger partial charge in [-0.25, -0.2) is 13.9 Å². The normalized spacial score (nSPS) is 12.3. The van der Waals surface area contributed by atoms with E-state index in [1.54, 1.807) is 11.3 Å². The van der Waals surface area contributed by atoms with Gasteiger partial charge < -0.3 is 15.8 Å². The van der Waals surface area contributed by atoms with Crippen molar-refractivity contribution < 1.29 is 9.53 Å². The number of nitrogens with two attached hydrogens (primary N) is 1. The highest BCUT2D eigenvalue weighted by atomic mass is 35.5. The zero-order valence-corrected chi connectivity index (χ0v) is 18.1. The molecule has 0 saturated carbocycles. The van der Waals surface area contributed by atoms with E-state index in [4.69, 9.17) is 22.1 Å². The third kappa shape index (κ3) is 3.70. The highest BCUT2D eigenvalue weighted by Gasteiger charge is 2.19. The predicted octanol–water partition coefficient (Wildman–Crippen LogP) is 3.02. The number of halogens is 1. The number of methoxy groups -OCH3 is 1. The lowest BCUT2D eigenvalue weighted by molar-refractivity contribution is 0.0932. The van der Waals surface area contributed by atoms with E-state index < -0.39 is 0 Å². The van der Waals surface area contributed by atoms with Gasteiger partial charge in [-0.15, -0.1) is 5.10 Å². The molecule has 4 rings (SSSR count). The molecule has 31 heavy (non-hydrogen) atoms. The summed E-state index contributed by atoms with van der Waals surface area (Å²) in [4.78, 5) is 25.8. The van der Waals surface area contributed by atoms with Gasteiger partial charge in [-0.3, -0.25) is 4.79 Å². The molecule has 0 bridgehead atoms. The van der Waals surface area contributed by atoms with Gasteiger partial charge in [0.1, 0.15) is 5.75 Å². The number of nitrogens with one attached hydrogen (secondary N) is 1. The fraction of sp³-hybridized carbons (Fsp3) is 0.227. The van der Waals surface area contributed by atoms with Gasteiger partial charge in [0.2, 0.25) is 0 Å². The van der Waals surface area contributed by atoms with Gasteiger partial charge in [-0.05, 0) is 43.0 Å². The Hall–Kier alpha value is -3.52. The first-order valence-electron chi connectivity index (χ1n) is 9.72. The van der Waals surface area contributed by atoms with Crippen LogP contribution in [0.3, 0.4) is 0 Å². The summed E-state index contributed by atoms with van der Waals surface area (Å²) in [6.07, 6.45) is 0. The smallest absolute Gasteiger partial charge is 0.350 e. The molecule has 1 atom stereocenters. The number of hydrogen-bond donors (Lipinski definition) is 2. The summed E-state index contributed by atoms with van der Waals surface area (Å²) in [6.45, 7) is 3.91. The Bertz CT molecular complexity index is 1380. The number of nitrogens with zero attached hydrogens (tertiary/aromatic N) is 3. The van der Waals surface area contributed by atoms with Crippen molar-refractivity contribution in [3.63, 3.8) is 0 Å². The molecule has 2 heterocycles. The Kier molecular flexibility index (Phi) is 5.32. The van der Waals surface area contributed by atoms with Gasteiger partial charge >= 0.3 is 5.69 Å². The fourth-order valence-electron chi connectivity index (χ4n) is 3.63. The van der Waals surface area contributed by atoms with Gasteiger partial charge in [0, 0.05) is 12.1 Å². The van der Waals surface area contributed by atoms with Gasteiger partial charge in [-0.1, -0.05) is 29.8 Å². The van der Waals surface area contributed by atoms with Gasteiger partial charge in [0.05, 0.1) is 35.4 Å². The molecule has 0 fully saturated rings. The van der Waals surface area contributed by atoms with Crippen molar-refractivity contribution in [1.29, 1.82) is 0 Å². The molecule has 0 radical (unpaired) electrons. The zero-order valence-electron chi connectivity index (χ0n) is 17.3. The molecule has 160 valence electrons. The van der Waals surface area contributed by atoms with E-state index in [2.05, 4.69) is 10.4 Å². The van der Waals surface area contributed by atoms with Crippen molar-refractivity contribution in [2.24, 2.45) is 0 Å². The van der Waals surface area contributed by atoms with E-state index in [0.29, 0.717) is 17.1 Å². The topological polar surface area (TPSA) is 104 Å². The number of rotatable bonds is 5. The van der Waals surface area contributed by atoms with E-state index >= 15 is 0 Å². The number of anilines is 1. The molecule has 0 saturated heterocycles. The number of ether oxygens (including phenoxy) is 1. The lowest BCUT2D eigenvalue weighted by Gasteiger charge is -2.15. The molecular weight excluding hydrogens is 418 g/mol. The summed E-state index contributed by atoms with van der Waals surface area (Å²) in [5, 5.41) is 8.58. The van der Waals surface area contributed by atoms with Crippen LogP contribution < -0.4 is 21.5 Å². The molecule has 3 N–H and O–H groups in total. The van der Waals surface area contributed by atoms with Crippen LogP contribution in [-0.4, -0.2) is 33.2 Å². The summed E-state index contributed by atoms with van der Waals surface area (Å²) < 4.78 is 8.21. The van der Waals surface area contributed by atoms with Crippen LogP contribution >= 0.6 is 11.6 Å². The van der Waals surface area contributed by atoms with Crippen LogP contribution in [0.25, 0.3) is 16.6 Å². The Morgan fingerprint density at radius 3 is 2.77 bits per heavy atom. The standard InChI is InChI=1S/C22H22ClN5O3/c1-12-8-14-6-4-5-7-18(14)28-20(12)26-27(22(28)30)11-13(2)25-21(29)15-9-16(23)17(24)10-19(15)31-3/h4-10,13H,11,24H2,1-3H3,(H,25,29)/t13-/m1/s1. The number of nitrogen functional groups attached to an aromatic ring is 1. The predicted molar refractivity (Wildman–Crippen MR) is 121 cm³/mol. The monoisotopic (exact) mass is 439 g/mol. The molecule has 0 spiro atoms. The number of aromatic nitrogens is 3. The van der Waals surface area contributed by atoms with Gasteiger partial charge in [0.25, 0.3) is 5.91 Å². The van der Waals surface area contributed by atoms with E-state index in [9.17, 15) is 9.59 Å². The molecule has 2 aromatic heterocycles. The first kappa shape index (κ1) is 20.7. The number of carbonyl (C=O) groups is 1. The molecule has 2 aromatic carbocycles. The van der Waals surface area contributed by atoms with Crippen LogP contribution in [0.4, 0.5) is 5.69 Å². The van der Waals surface area contributed by atoms with Crippen LogP contribution in [0.15, 0.2) is 47.3 Å². The van der Waals surface area contributed by atoms with E-state index in [-0.39, 0.29) is 34.8 Å². The maximum atomic E-state index is 13.1. The van der Waals surface area contributed by atoms with Crippen LogP contribution in [0.5, 0.6) is 5.75 Å². The van der Waals surface area contributed by atoms with Crippen molar-refractivity contribution in [2.45, 2.75) is 26.4 Å². The van der Waals surface area contributed by atoms with E-state index in [0.717, 1.165) is 16.5 Å². The molecule has 0 aliphatic heterocycles. The fourth-order valence-corrected chi connectivity index (χ4v) is 3.80. The first-order chi connectivity index (χ1) is 14.8. The molecular formula is C22H22ClN5O3. The first-order valence-corrected chi connectivity index (χ1v) is 10.1. The number of carbonyl (C=O) groups excluding carboxylic acids is 1. The average molecular weight is 440 g/mol. The maximum absolute atomic E-state index is 13.1. The third-order valence-electron chi connectivity index (χ3n) is 5.13. The molecule has 4 aromatic rings. The minimum atomic E-state index is -0.386. The lowest BCUT2D eigenvalue weighted by Crippen LogP contribution is -2.38. The quantitative estimate of drug-likeness (QED) is 0.465. The minimum Gasteiger partial charge on any atom is -0.496 e. The number of fused-ring (bicyclic) bond motifs is 3. The molecule has 9 heteroatoms. The summed E-state index contributed by atoms with van der Waals surface area (Å²) in [7, 11) is 1.45. The van der Waals surface area contributed by atoms with Crippen molar-refractivity contribution in [3.8, 4) is 5.75 Å². The molecule has 8 nitrogen and oxygen atoms in total. The molecule has 1 amide bonds. The number of pyridine rings is 1. The third-order valence-corrected chi connectivity index (χ3v) is 5.46. The second-order valence-electron chi connectivity index (χ2n) is 7.46. The molecule has 0 aliphatic rings. The highest BCUT2D eigenvalue weighted by molar-refractivity contribution is 6.33. The van der Waals surface area contributed by atoms with Crippen molar-refractivity contribution >= 4 is 39.7 Å². The number of benzene rings is 2. The Morgan fingerprint density at radius 1 is 1.29 bits per heavy atom. The number of aryl methyl sites for hydroxylation is 1. The second-order valence-corrected chi connectivity index (χ2v) is 7.87. The summed E-state index contributed by atoms with van der Waals surface area (Å²) >= 11 is 6.06. The molecule has 0 aliphatic carbocycles. The second kappa shape index (κ2) is 7.96. The van der Waals surface area contributed by atoms with E-state index in [1.165, 1.54) is 23.9 Å². The Balaban J connectivity index is 1.63. The largest absolute Gasteiger partial charge is 0.496 e. The highest BCUT2D eigenvalue weighted by Crippen LogP contribution is 2.28. The lowest BCUT2D eigenvalue weighted by atomic mass is 10.1. The van der Waals surface area contributed by atoms with Crippen LogP contribution in [0.1, 0.15) is 22.8 Å². The van der Waals surface area contributed by atoms with Crippen molar-refractivity contribution in [2.75, 3.05) is 12.8 Å². The maximum Gasteiger partial charge on any atom is 0.350 e.